The summed E-state index contributed by atoms with van der Waals surface area (Å²) in [6, 6.07) is 7.59. The number of nitrogens with one attached hydrogen (secondary N) is 2. The number of halogens is 1. The summed E-state index contributed by atoms with van der Waals surface area (Å²) >= 11 is 6.01. The molecule has 21 heavy (non-hydrogen) atoms. The van der Waals surface area contributed by atoms with E-state index in [1.54, 1.807) is 18.2 Å². The molecular weight excluding hydrogens is 298 g/mol. The molecule has 0 radical (unpaired) electrons. The van der Waals surface area contributed by atoms with Crippen molar-refractivity contribution in [1.29, 1.82) is 0 Å². The summed E-state index contributed by atoms with van der Waals surface area (Å²) in [5.74, 6) is 6.10. The van der Waals surface area contributed by atoms with E-state index in [2.05, 4.69) is 15.7 Å². The van der Waals surface area contributed by atoms with Crippen LogP contribution in [0.3, 0.4) is 0 Å². The molecule has 9 heteroatoms. The molecule has 2 aromatic rings. The molecule has 0 fully saturated rings. The van der Waals surface area contributed by atoms with Crippen LogP contribution < -0.4 is 21.3 Å². The van der Waals surface area contributed by atoms with Gasteiger partial charge in [0.2, 0.25) is 5.82 Å². The number of hydrazine groups is 1. The normalized spacial score (nSPS) is 10.0. The Labute approximate surface area is 125 Å². The molecule has 110 valence electrons. The van der Waals surface area contributed by atoms with Crippen molar-refractivity contribution in [3.8, 4) is 5.75 Å². The van der Waals surface area contributed by atoms with Gasteiger partial charge in [-0.1, -0.05) is 11.6 Å². The van der Waals surface area contributed by atoms with Crippen molar-refractivity contribution in [2.75, 3.05) is 17.9 Å². The molecule has 8 nitrogen and oxygen atoms in total. The number of hydrogen-bond donors (Lipinski definition) is 3. The number of anilines is 3. The Morgan fingerprint density at radius 2 is 2.14 bits per heavy atom. The summed E-state index contributed by atoms with van der Waals surface area (Å²) in [6.07, 6.45) is 0. The highest BCUT2D eigenvalue weighted by Crippen LogP contribution is 2.31. The third-order valence-electron chi connectivity index (χ3n) is 2.63. The fraction of sp³-hybridized carbons (Fsp3) is 0.0833. The van der Waals surface area contributed by atoms with Gasteiger partial charge >= 0.3 is 5.69 Å². The largest absolute Gasteiger partial charge is 0.495 e. The zero-order valence-electron chi connectivity index (χ0n) is 11.0. The van der Waals surface area contributed by atoms with Gasteiger partial charge in [-0.2, -0.15) is 0 Å². The van der Waals surface area contributed by atoms with Gasteiger partial charge in [0, 0.05) is 11.8 Å². The van der Waals surface area contributed by atoms with E-state index in [1.165, 1.54) is 19.2 Å². The molecule has 0 aliphatic heterocycles. The molecule has 1 aromatic carbocycles. The Morgan fingerprint density at radius 3 is 2.71 bits per heavy atom. The topological polar surface area (TPSA) is 115 Å². The number of ether oxygens (including phenoxy) is 1. The summed E-state index contributed by atoms with van der Waals surface area (Å²) < 4.78 is 5.04. The molecule has 0 atom stereocenters. The van der Waals surface area contributed by atoms with Gasteiger partial charge in [0.1, 0.15) is 11.6 Å². The van der Waals surface area contributed by atoms with E-state index >= 15 is 0 Å². The SMILES string of the molecule is COc1ccc(Nc2nc(NN)ccc2[N+](=O)[O-])cc1Cl. The molecule has 0 aliphatic carbocycles. The molecule has 0 spiro atoms. The van der Waals surface area contributed by atoms with Crippen molar-refractivity contribution < 1.29 is 9.66 Å². The van der Waals surface area contributed by atoms with Crippen molar-refractivity contribution in [3.63, 3.8) is 0 Å². The molecule has 0 amide bonds. The van der Waals surface area contributed by atoms with Gasteiger partial charge in [-0.25, -0.2) is 10.8 Å². The third-order valence-corrected chi connectivity index (χ3v) is 2.93. The molecule has 2 rings (SSSR count). The van der Waals surface area contributed by atoms with Gasteiger partial charge in [0.25, 0.3) is 0 Å². The zero-order valence-corrected chi connectivity index (χ0v) is 11.7. The van der Waals surface area contributed by atoms with Crippen molar-refractivity contribution in [2.24, 2.45) is 5.84 Å². The predicted octanol–water partition coefficient (Wildman–Crippen LogP) is 2.68. The van der Waals surface area contributed by atoms with Gasteiger partial charge in [0.05, 0.1) is 17.1 Å². The third kappa shape index (κ3) is 3.30. The summed E-state index contributed by atoms with van der Waals surface area (Å²) in [4.78, 5) is 14.5. The highest BCUT2D eigenvalue weighted by molar-refractivity contribution is 6.32. The first-order chi connectivity index (χ1) is 10.0. The minimum absolute atomic E-state index is 0.0525. The number of hydrogen-bond acceptors (Lipinski definition) is 7. The lowest BCUT2D eigenvalue weighted by Crippen LogP contribution is -2.10. The van der Waals surface area contributed by atoms with E-state index < -0.39 is 4.92 Å². The number of nitrogen functional groups attached to an aromatic ring is 1. The minimum Gasteiger partial charge on any atom is -0.495 e. The summed E-state index contributed by atoms with van der Waals surface area (Å²) in [5.41, 5.74) is 2.68. The monoisotopic (exact) mass is 309 g/mol. The second-order valence-electron chi connectivity index (χ2n) is 3.94. The second-order valence-corrected chi connectivity index (χ2v) is 4.35. The quantitative estimate of drug-likeness (QED) is 0.441. The molecule has 0 unspecified atom stereocenters. The van der Waals surface area contributed by atoms with Crippen LogP contribution in [0.2, 0.25) is 5.02 Å². The Morgan fingerprint density at radius 1 is 1.38 bits per heavy atom. The Kier molecular flexibility index (Phi) is 4.41. The van der Waals surface area contributed by atoms with Gasteiger partial charge in [-0.05, 0) is 24.3 Å². The number of pyridine rings is 1. The van der Waals surface area contributed by atoms with E-state index in [0.717, 1.165) is 0 Å². The van der Waals surface area contributed by atoms with Crippen molar-refractivity contribution in [1.82, 2.24) is 4.98 Å². The van der Waals surface area contributed by atoms with Crippen LogP contribution in [0.5, 0.6) is 5.75 Å². The predicted molar refractivity (Wildman–Crippen MR) is 80.0 cm³/mol. The fourth-order valence-electron chi connectivity index (χ4n) is 1.65. The first-order valence-corrected chi connectivity index (χ1v) is 6.15. The highest BCUT2D eigenvalue weighted by atomic mass is 35.5. The van der Waals surface area contributed by atoms with Crippen molar-refractivity contribution in [2.45, 2.75) is 0 Å². The molecule has 1 aromatic heterocycles. The summed E-state index contributed by atoms with van der Waals surface area (Å²) in [5, 5.41) is 14.2. The molecule has 0 saturated carbocycles. The van der Waals surface area contributed by atoms with Crippen molar-refractivity contribution in [3.05, 3.63) is 45.5 Å². The van der Waals surface area contributed by atoms with Crippen LogP contribution in [0.4, 0.5) is 23.0 Å². The Bertz CT molecular complexity index is 680. The van der Waals surface area contributed by atoms with Crippen LogP contribution in [0.15, 0.2) is 30.3 Å². The lowest BCUT2D eigenvalue weighted by molar-refractivity contribution is -0.384. The van der Waals surface area contributed by atoms with Gasteiger partial charge in [-0.15, -0.1) is 0 Å². The van der Waals surface area contributed by atoms with Gasteiger partial charge < -0.3 is 15.5 Å². The van der Waals surface area contributed by atoms with E-state index in [-0.39, 0.29) is 11.5 Å². The maximum Gasteiger partial charge on any atom is 0.311 e. The first-order valence-electron chi connectivity index (χ1n) is 5.77. The lowest BCUT2D eigenvalue weighted by Gasteiger charge is -2.09. The number of nitro groups is 1. The van der Waals surface area contributed by atoms with Gasteiger partial charge in [0.15, 0.2) is 0 Å². The lowest BCUT2D eigenvalue weighted by atomic mass is 10.3. The Hall–Kier alpha value is -2.58. The Balaban J connectivity index is 2.37. The summed E-state index contributed by atoms with van der Waals surface area (Å²) in [6.45, 7) is 0. The fourth-order valence-corrected chi connectivity index (χ4v) is 1.91. The van der Waals surface area contributed by atoms with Gasteiger partial charge in [-0.3, -0.25) is 10.1 Å². The van der Waals surface area contributed by atoms with Crippen LogP contribution in [-0.4, -0.2) is 17.0 Å². The van der Waals surface area contributed by atoms with E-state index in [0.29, 0.717) is 22.3 Å². The number of nitrogens with zero attached hydrogens (tertiary/aromatic N) is 2. The van der Waals surface area contributed by atoms with Crippen molar-refractivity contribution >= 4 is 34.6 Å². The highest BCUT2D eigenvalue weighted by Gasteiger charge is 2.16. The van der Waals surface area contributed by atoms with Crippen LogP contribution >= 0.6 is 11.6 Å². The zero-order chi connectivity index (χ0) is 15.4. The van der Waals surface area contributed by atoms with Crippen LogP contribution in [0, 0.1) is 10.1 Å². The number of benzene rings is 1. The maximum absolute atomic E-state index is 11.0. The van der Waals surface area contributed by atoms with Crippen LogP contribution in [0.1, 0.15) is 0 Å². The van der Waals surface area contributed by atoms with Crippen LogP contribution in [-0.2, 0) is 0 Å². The number of nitrogens with two attached hydrogens (primary N) is 1. The number of rotatable bonds is 5. The van der Waals surface area contributed by atoms with E-state index in [1.807, 2.05) is 0 Å². The van der Waals surface area contributed by atoms with E-state index in [4.69, 9.17) is 22.2 Å². The first kappa shape index (κ1) is 14.8. The average Bonchev–Trinajstić information content (AvgIpc) is 2.47. The molecule has 0 bridgehead atoms. The molecule has 4 N–H and O–H groups in total. The average molecular weight is 310 g/mol. The summed E-state index contributed by atoms with van der Waals surface area (Å²) in [7, 11) is 1.50. The van der Waals surface area contributed by atoms with E-state index in [9.17, 15) is 10.1 Å². The smallest absolute Gasteiger partial charge is 0.311 e. The van der Waals surface area contributed by atoms with Crippen LogP contribution in [0.25, 0.3) is 0 Å². The number of aromatic nitrogens is 1. The molecular formula is C12H12ClN5O3. The molecule has 0 aliphatic rings. The standard InChI is InChI=1S/C12H12ClN5O3/c1-21-10-4-2-7(6-8(10)13)15-12-9(18(19)20)3-5-11(16-12)17-14/h2-6H,14H2,1H3,(H2,15,16,17). The molecule has 0 saturated heterocycles. The molecule has 1 heterocycles. The minimum atomic E-state index is -0.541. The maximum atomic E-state index is 11.0. The number of methoxy groups -OCH3 is 1. The second kappa shape index (κ2) is 6.25.